The first-order valence-electron chi connectivity index (χ1n) is 12.7. The van der Waals surface area contributed by atoms with Crippen molar-refractivity contribution in [1.29, 1.82) is 0 Å². The maximum Gasteiger partial charge on any atom is 0.255 e. The summed E-state index contributed by atoms with van der Waals surface area (Å²) >= 11 is 1.63. The normalized spacial score (nSPS) is 14.4. The minimum Gasteiger partial charge on any atom is -0.343 e. The van der Waals surface area contributed by atoms with Gasteiger partial charge in [-0.05, 0) is 44.4 Å². The molecule has 3 aromatic rings. The van der Waals surface area contributed by atoms with Crippen LogP contribution in [-0.2, 0) is 11.3 Å². The lowest BCUT2D eigenvalue weighted by atomic mass is 10.1. The van der Waals surface area contributed by atoms with E-state index < -0.39 is 0 Å². The fourth-order valence-corrected chi connectivity index (χ4v) is 5.21. The number of piperazine rings is 1. The number of amides is 2. The molecule has 2 aromatic heterocycles. The van der Waals surface area contributed by atoms with Gasteiger partial charge < -0.3 is 14.4 Å². The number of thiazole rings is 1. The van der Waals surface area contributed by atoms with Crippen molar-refractivity contribution in [3.8, 4) is 11.4 Å². The lowest BCUT2D eigenvalue weighted by Gasteiger charge is -2.35. The van der Waals surface area contributed by atoms with Crippen LogP contribution in [0.4, 0.5) is 5.69 Å². The van der Waals surface area contributed by atoms with Gasteiger partial charge in [0.05, 0.1) is 28.5 Å². The first-order valence-corrected chi connectivity index (χ1v) is 13.6. The van der Waals surface area contributed by atoms with Gasteiger partial charge in [-0.25, -0.2) is 4.98 Å². The van der Waals surface area contributed by atoms with E-state index in [-0.39, 0.29) is 11.8 Å². The van der Waals surface area contributed by atoms with E-state index in [0.29, 0.717) is 38.6 Å². The second-order valence-electron chi connectivity index (χ2n) is 9.97. The molecule has 2 amide bonds. The fraction of sp³-hybridized carbons (Fsp3) is 0.464. The first-order chi connectivity index (χ1) is 17.2. The second-order valence-corrected chi connectivity index (χ2v) is 11.0. The molecule has 1 aliphatic heterocycles. The van der Waals surface area contributed by atoms with Crippen molar-refractivity contribution in [2.75, 3.05) is 44.7 Å². The molecule has 4 rings (SSSR count). The fourth-order valence-electron chi connectivity index (χ4n) is 4.60. The molecule has 1 saturated heterocycles. The highest BCUT2D eigenvalue weighted by Gasteiger charge is 2.28. The van der Waals surface area contributed by atoms with Crippen molar-refractivity contribution in [3.05, 3.63) is 58.0 Å². The van der Waals surface area contributed by atoms with Crippen LogP contribution in [0.25, 0.3) is 11.4 Å². The average molecular weight is 508 g/mol. The van der Waals surface area contributed by atoms with Crippen LogP contribution in [0.1, 0.15) is 41.3 Å². The summed E-state index contributed by atoms with van der Waals surface area (Å²) in [6.45, 7) is 12.3. The molecule has 1 fully saturated rings. The van der Waals surface area contributed by atoms with E-state index in [0.717, 1.165) is 46.3 Å². The summed E-state index contributed by atoms with van der Waals surface area (Å²) in [5.74, 6) is 0.700. The Bertz CT molecular complexity index is 1190. The van der Waals surface area contributed by atoms with Gasteiger partial charge in [-0.1, -0.05) is 32.0 Å². The number of carbonyl (C=O) groups is 2. The van der Waals surface area contributed by atoms with Gasteiger partial charge in [0.15, 0.2) is 0 Å². The third-order valence-corrected chi connectivity index (χ3v) is 7.72. The molecule has 3 heterocycles. The van der Waals surface area contributed by atoms with Crippen molar-refractivity contribution < 1.29 is 9.59 Å². The number of benzene rings is 1. The zero-order valence-corrected chi connectivity index (χ0v) is 22.8. The van der Waals surface area contributed by atoms with Crippen LogP contribution in [-0.4, -0.2) is 70.9 Å². The van der Waals surface area contributed by atoms with Crippen LogP contribution in [0.2, 0.25) is 0 Å². The standard InChI is InChI=1S/C28H37N5O2S/c1-20(2)11-12-33-21(3)24(17-26(33)25-19-36-22(4)29-25)28(35)32-15-13-31(14-16-32)18-27(34)30(5)23-9-7-6-8-10-23/h6-10,17,19-20H,11-16,18H2,1-5H3. The van der Waals surface area contributed by atoms with Gasteiger partial charge in [-0.15, -0.1) is 11.3 Å². The van der Waals surface area contributed by atoms with Gasteiger partial charge in [0.2, 0.25) is 5.91 Å². The number of likely N-dealkylation sites (N-methyl/N-ethyl adjacent to an activating group) is 1. The summed E-state index contributed by atoms with van der Waals surface area (Å²) in [6.07, 6.45) is 1.05. The number of aryl methyl sites for hydroxylation is 1. The van der Waals surface area contributed by atoms with Crippen LogP contribution in [0.3, 0.4) is 0 Å². The average Bonchev–Trinajstić information content (AvgIpc) is 3.45. The van der Waals surface area contributed by atoms with Crippen molar-refractivity contribution in [1.82, 2.24) is 19.4 Å². The zero-order chi connectivity index (χ0) is 25.8. The van der Waals surface area contributed by atoms with Gasteiger partial charge in [-0.2, -0.15) is 0 Å². The van der Waals surface area contributed by atoms with Crippen LogP contribution in [0.15, 0.2) is 41.8 Å². The highest BCUT2D eigenvalue weighted by molar-refractivity contribution is 7.09. The molecular weight excluding hydrogens is 470 g/mol. The summed E-state index contributed by atoms with van der Waals surface area (Å²) in [5, 5.41) is 3.10. The molecule has 0 unspecified atom stereocenters. The van der Waals surface area contributed by atoms with E-state index >= 15 is 0 Å². The Kier molecular flexibility index (Phi) is 8.26. The summed E-state index contributed by atoms with van der Waals surface area (Å²) < 4.78 is 2.26. The van der Waals surface area contributed by atoms with Gasteiger partial charge in [0.1, 0.15) is 0 Å². The lowest BCUT2D eigenvalue weighted by Crippen LogP contribution is -2.51. The predicted octanol–water partition coefficient (Wildman–Crippen LogP) is 4.70. The van der Waals surface area contributed by atoms with E-state index in [4.69, 9.17) is 4.98 Å². The molecule has 0 aliphatic carbocycles. The number of para-hydroxylation sites is 1. The lowest BCUT2D eigenvalue weighted by molar-refractivity contribution is -0.119. The maximum atomic E-state index is 13.6. The van der Waals surface area contributed by atoms with E-state index in [9.17, 15) is 9.59 Å². The monoisotopic (exact) mass is 507 g/mol. The number of rotatable bonds is 8. The molecule has 0 radical (unpaired) electrons. The van der Waals surface area contributed by atoms with Gasteiger partial charge in [0, 0.05) is 56.5 Å². The maximum absolute atomic E-state index is 13.6. The Morgan fingerprint density at radius 2 is 1.78 bits per heavy atom. The van der Waals surface area contributed by atoms with Crippen molar-refractivity contribution in [3.63, 3.8) is 0 Å². The van der Waals surface area contributed by atoms with Crippen molar-refractivity contribution >= 4 is 28.8 Å². The number of anilines is 1. The number of hydrogen-bond donors (Lipinski definition) is 0. The Morgan fingerprint density at radius 1 is 1.08 bits per heavy atom. The summed E-state index contributed by atoms with van der Waals surface area (Å²) in [4.78, 5) is 36.8. The molecule has 1 aromatic carbocycles. The summed E-state index contributed by atoms with van der Waals surface area (Å²) in [5.41, 5.74) is 4.61. The van der Waals surface area contributed by atoms with Crippen LogP contribution < -0.4 is 4.90 Å². The summed E-state index contributed by atoms with van der Waals surface area (Å²) in [7, 11) is 1.81. The second kappa shape index (κ2) is 11.4. The molecular formula is C28H37N5O2S. The number of hydrogen-bond acceptors (Lipinski definition) is 5. The summed E-state index contributed by atoms with van der Waals surface area (Å²) in [6, 6.07) is 11.7. The topological polar surface area (TPSA) is 61.7 Å². The molecule has 1 aliphatic rings. The van der Waals surface area contributed by atoms with E-state index in [1.165, 1.54) is 0 Å². The van der Waals surface area contributed by atoms with E-state index in [1.54, 1.807) is 16.2 Å². The number of aromatic nitrogens is 2. The quantitative estimate of drug-likeness (QED) is 0.444. The Labute approximate surface area is 218 Å². The van der Waals surface area contributed by atoms with E-state index in [1.807, 2.05) is 62.2 Å². The Balaban J connectivity index is 1.43. The molecule has 0 N–H and O–H groups in total. The molecule has 8 heteroatoms. The molecule has 0 bridgehead atoms. The van der Waals surface area contributed by atoms with Gasteiger partial charge in [0.25, 0.3) is 5.91 Å². The third kappa shape index (κ3) is 5.87. The SMILES string of the molecule is Cc1nc(-c2cc(C(=O)N3CCN(CC(=O)N(C)c4ccccc4)CC3)c(C)n2CCC(C)C)cs1. The van der Waals surface area contributed by atoms with Crippen LogP contribution in [0.5, 0.6) is 0 Å². The molecule has 0 atom stereocenters. The van der Waals surface area contributed by atoms with E-state index in [2.05, 4.69) is 28.7 Å². The molecule has 0 saturated carbocycles. The van der Waals surface area contributed by atoms with Crippen molar-refractivity contribution in [2.24, 2.45) is 5.92 Å². The first kappa shape index (κ1) is 26.1. The molecule has 36 heavy (non-hydrogen) atoms. The predicted molar refractivity (Wildman–Crippen MR) is 147 cm³/mol. The molecule has 192 valence electrons. The van der Waals surface area contributed by atoms with Crippen LogP contribution >= 0.6 is 11.3 Å². The number of carbonyl (C=O) groups excluding carboxylic acids is 2. The Hall–Kier alpha value is -2.97. The third-order valence-electron chi connectivity index (χ3n) is 6.94. The molecule has 0 spiro atoms. The highest BCUT2D eigenvalue weighted by Crippen LogP contribution is 2.29. The highest BCUT2D eigenvalue weighted by atomic mass is 32.1. The van der Waals surface area contributed by atoms with Gasteiger partial charge >= 0.3 is 0 Å². The number of nitrogens with zero attached hydrogens (tertiary/aromatic N) is 5. The van der Waals surface area contributed by atoms with Crippen molar-refractivity contribution in [2.45, 2.75) is 40.7 Å². The zero-order valence-electron chi connectivity index (χ0n) is 22.0. The van der Waals surface area contributed by atoms with Gasteiger partial charge in [-0.3, -0.25) is 14.5 Å². The van der Waals surface area contributed by atoms with Crippen LogP contribution in [0, 0.1) is 19.8 Å². The smallest absolute Gasteiger partial charge is 0.255 e. The minimum atomic E-state index is 0.0576. The minimum absolute atomic E-state index is 0.0576. The molecule has 7 nitrogen and oxygen atoms in total. The largest absolute Gasteiger partial charge is 0.343 e. The Morgan fingerprint density at radius 3 is 2.39 bits per heavy atom.